The van der Waals surface area contributed by atoms with Gasteiger partial charge in [-0.05, 0) is 25.0 Å². The second kappa shape index (κ2) is 12.0. The van der Waals surface area contributed by atoms with Crippen molar-refractivity contribution in [2.24, 2.45) is 4.99 Å². The number of hydrogen-bond donors (Lipinski definition) is 2. The number of aliphatic imine (C=N–C) groups is 1. The van der Waals surface area contributed by atoms with Crippen molar-refractivity contribution in [3.8, 4) is 0 Å². The normalized spacial score (nSPS) is 19.5. The highest BCUT2D eigenvalue weighted by molar-refractivity contribution is 14.0. The second-order valence-corrected chi connectivity index (χ2v) is 6.91. The lowest BCUT2D eigenvalue weighted by atomic mass is 10.2. The third kappa shape index (κ3) is 6.56. The van der Waals surface area contributed by atoms with Crippen LogP contribution in [0.15, 0.2) is 35.3 Å². The molecule has 1 unspecified atom stereocenters. The Morgan fingerprint density at radius 2 is 1.72 bits per heavy atom. The molecule has 2 fully saturated rings. The first-order chi connectivity index (χ1) is 13.7. The van der Waals surface area contributed by atoms with Crippen LogP contribution >= 0.6 is 24.0 Å². The second-order valence-electron chi connectivity index (χ2n) is 6.91. The molecule has 2 heterocycles. The monoisotopic (exact) mass is 515 g/mol. The molecule has 2 aliphatic heterocycles. The average Bonchev–Trinajstić information content (AvgIpc) is 3.29. The predicted molar refractivity (Wildman–Crippen MR) is 123 cm³/mol. The van der Waals surface area contributed by atoms with Crippen LogP contribution in [0.2, 0.25) is 0 Å². The van der Waals surface area contributed by atoms with Crippen LogP contribution < -0.4 is 10.6 Å². The topological polar surface area (TPSA) is 86.3 Å². The fraction of sp³-hybridized carbons (Fsp3) is 0.550. The summed E-state index contributed by atoms with van der Waals surface area (Å²) >= 11 is 0. The Labute approximate surface area is 189 Å². The number of guanidine groups is 1. The quantitative estimate of drug-likeness (QED) is 0.264. The van der Waals surface area contributed by atoms with Crippen molar-refractivity contribution in [2.45, 2.75) is 18.9 Å². The van der Waals surface area contributed by atoms with Crippen molar-refractivity contribution in [3.63, 3.8) is 0 Å². The van der Waals surface area contributed by atoms with E-state index in [1.807, 2.05) is 23.1 Å². The number of carbonyl (C=O) groups is 2. The number of halogens is 1. The summed E-state index contributed by atoms with van der Waals surface area (Å²) in [5.41, 5.74) is 0.652. The van der Waals surface area contributed by atoms with Crippen LogP contribution in [-0.4, -0.2) is 86.6 Å². The van der Waals surface area contributed by atoms with Gasteiger partial charge in [-0.3, -0.25) is 14.6 Å². The van der Waals surface area contributed by atoms with Crippen LogP contribution in [-0.2, 0) is 9.53 Å². The number of carbonyl (C=O) groups excluding carboxylic acids is 2. The highest BCUT2D eigenvalue weighted by Crippen LogP contribution is 2.16. The number of nitrogens with zero attached hydrogens (tertiary/aromatic N) is 3. The maximum absolute atomic E-state index is 12.4. The van der Waals surface area contributed by atoms with Crippen molar-refractivity contribution < 1.29 is 14.3 Å². The van der Waals surface area contributed by atoms with E-state index >= 15 is 0 Å². The van der Waals surface area contributed by atoms with Crippen molar-refractivity contribution in [1.82, 2.24) is 20.4 Å². The van der Waals surface area contributed by atoms with E-state index in [1.54, 1.807) is 19.2 Å². The SMILES string of the molecule is CN=C(NCCNC(=O)c1ccccc1)N1CCN(C(=O)C2CCCO2)CC1.I. The summed E-state index contributed by atoms with van der Waals surface area (Å²) in [7, 11) is 1.74. The minimum absolute atomic E-state index is 0. The molecule has 0 radical (unpaired) electrons. The zero-order valence-electron chi connectivity index (χ0n) is 16.8. The fourth-order valence-corrected chi connectivity index (χ4v) is 3.49. The minimum atomic E-state index is -0.253. The van der Waals surface area contributed by atoms with Gasteiger partial charge in [-0.15, -0.1) is 24.0 Å². The van der Waals surface area contributed by atoms with E-state index in [1.165, 1.54) is 0 Å². The largest absolute Gasteiger partial charge is 0.368 e. The van der Waals surface area contributed by atoms with Gasteiger partial charge >= 0.3 is 0 Å². The first-order valence-corrected chi connectivity index (χ1v) is 9.88. The highest BCUT2D eigenvalue weighted by atomic mass is 127. The van der Waals surface area contributed by atoms with Crippen LogP contribution in [0.3, 0.4) is 0 Å². The summed E-state index contributed by atoms with van der Waals surface area (Å²) in [5, 5.41) is 6.17. The van der Waals surface area contributed by atoms with Gasteiger partial charge in [0.25, 0.3) is 11.8 Å². The number of nitrogens with one attached hydrogen (secondary N) is 2. The molecule has 3 rings (SSSR count). The van der Waals surface area contributed by atoms with Gasteiger partial charge in [-0.25, -0.2) is 0 Å². The Morgan fingerprint density at radius 1 is 1.07 bits per heavy atom. The fourth-order valence-electron chi connectivity index (χ4n) is 3.49. The van der Waals surface area contributed by atoms with Gasteiger partial charge in [-0.2, -0.15) is 0 Å². The molecule has 0 aliphatic carbocycles. The summed E-state index contributed by atoms with van der Waals surface area (Å²) in [6, 6.07) is 9.16. The molecule has 8 nitrogen and oxygen atoms in total. The average molecular weight is 515 g/mol. The molecule has 9 heteroatoms. The molecule has 0 aromatic heterocycles. The van der Waals surface area contributed by atoms with Gasteiger partial charge in [0.05, 0.1) is 0 Å². The number of amides is 2. The number of ether oxygens (including phenoxy) is 1. The number of rotatable bonds is 5. The molecule has 2 aliphatic rings. The van der Waals surface area contributed by atoms with E-state index in [9.17, 15) is 9.59 Å². The Bertz CT molecular complexity index is 687. The van der Waals surface area contributed by atoms with E-state index < -0.39 is 0 Å². The first kappa shape index (κ1) is 23.4. The Kier molecular flexibility index (Phi) is 9.65. The van der Waals surface area contributed by atoms with Gasteiger partial charge in [0.1, 0.15) is 6.10 Å². The summed E-state index contributed by atoms with van der Waals surface area (Å²) in [6.45, 7) is 4.58. The summed E-state index contributed by atoms with van der Waals surface area (Å²) < 4.78 is 5.50. The number of piperazine rings is 1. The molecule has 0 spiro atoms. The zero-order valence-corrected chi connectivity index (χ0v) is 19.1. The van der Waals surface area contributed by atoms with Crippen LogP contribution in [0.1, 0.15) is 23.2 Å². The predicted octanol–water partition coefficient (Wildman–Crippen LogP) is 0.933. The molecule has 2 N–H and O–H groups in total. The molecule has 29 heavy (non-hydrogen) atoms. The maximum Gasteiger partial charge on any atom is 0.251 e. The Balaban J connectivity index is 0.00000300. The minimum Gasteiger partial charge on any atom is -0.368 e. The number of benzene rings is 1. The molecule has 1 aromatic rings. The van der Waals surface area contributed by atoms with Gasteiger partial charge in [0.2, 0.25) is 0 Å². The first-order valence-electron chi connectivity index (χ1n) is 9.88. The zero-order chi connectivity index (χ0) is 19.8. The standard InChI is InChI=1S/C20H29N5O3.HI/c1-21-20(23-10-9-22-18(26)16-6-3-2-4-7-16)25-13-11-24(12-14-25)19(27)17-8-5-15-28-17;/h2-4,6-7,17H,5,8-15H2,1H3,(H,21,23)(H,22,26);1H. The third-order valence-electron chi connectivity index (χ3n) is 5.04. The van der Waals surface area contributed by atoms with Gasteiger partial charge in [0.15, 0.2) is 5.96 Å². The maximum atomic E-state index is 12.4. The van der Waals surface area contributed by atoms with Crippen LogP contribution in [0.25, 0.3) is 0 Å². The smallest absolute Gasteiger partial charge is 0.251 e. The molecule has 2 saturated heterocycles. The Morgan fingerprint density at radius 3 is 2.34 bits per heavy atom. The lowest BCUT2D eigenvalue weighted by Crippen LogP contribution is -2.55. The van der Waals surface area contributed by atoms with Crippen LogP contribution in [0, 0.1) is 0 Å². The van der Waals surface area contributed by atoms with Crippen LogP contribution in [0.5, 0.6) is 0 Å². The molecule has 160 valence electrons. The molecule has 1 aromatic carbocycles. The van der Waals surface area contributed by atoms with Crippen molar-refractivity contribution >= 4 is 41.8 Å². The molecule has 1 atom stereocenters. The van der Waals surface area contributed by atoms with Gasteiger partial charge in [0, 0.05) is 58.5 Å². The van der Waals surface area contributed by atoms with Gasteiger partial charge in [-0.1, -0.05) is 18.2 Å². The summed E-state index contributed by atoms with van der Waals surface area (Å²) in [5.74, 6) is 0.820. The molecular formula is C20H30IN5O3. The molecule has 0 bridgehead atoms. The van der Waals surface area contributed by atoms with E-state index in [2.05, 4.69) is 20.5 Å². The van der Waals surface area contributed by atoms with Crippen molar-refractivity contribution in [3.05, 3.63) is 35.9 Å². The van der Waals surface area contributed by atoms with E-state index in [0.717, 1.165) is 31.9 Å². The molecular weight excluding hydrogens is 485 g/mol. The molecule has 2 amide bonds. The van der Waals surface area contributed by atoms with Gasteiger partial charge < -0.3 is 25.2 Å². The Hall–Kier alpha value is -1.88. The number of hydrogen-bond acceptors (Lipinski definition) is 4. The lowest BCUT2D eigenvalue weighted by molar-refractivity contribution is -0.142. The van der Waals surface area contributed by atoms with E-state index in [0.29, 0.717) is 38.3 Å². The highest BCUT2D eigenvalue weighted by Gasteiger charge is 2.30. The van der Waals surface area contributed by atoms with E-state index in [-0.39, 0.29) is 41.9 Å². The van der Waals surface area contributed by atoms with Crippen LogP contribution in [0.4, 0.5) is 0 Å². The summed E-state index contributed by atoms with van der Waals surface area (Å²) in [6.07, 6.45) is 1.54. The third-order valence-corrected chi connectivity index (χ3v) is 5.04. The lowest BCUT2D eigenvalue weighted by Gasteiger charge is -2.37. The van der Waals surface area contributed by atoms with E-state index in [4.69, 9.17) is 4.74 Å². The van der Waals surface area contributed by atoms with Crippen molar-refractivity contribution in [1.29, 1.82) is 0 Å². The summed E-state index contributed by atoms with van der Waals surface area (Å²) in [4.78, 5) is 32.8. The van der Waals surface area contributed by atoms with Crippen molar-refractivity contribution in [2.75, 3.05) is 52.9 Å². The molecule has 0 saturated carbocycles.